The molecule has 23 heavy (non-hydrogen) atoms. The number of nitrogens with zero attached hydrogens (tertiary/aromatic N) is 2. The van der Waals surface area contributed by atoms with Crippen LogP contribution in [0.1, 0.15) is 6.23 Å². The number of aromatic amines is 2. The van der Waals surface area contributed by atoms with E-state index in [9.17, 15) is 14.5 Å². The van der Waals surface area contributed by atoms with E-state index in [-0.39, 0.29) is 28.5 Å². The number of nitrogen functional groups attached to an aromatic ring is 1. The lowest BCUT2D eigenvalue weighted by Crippen LogP contribution is -2.37. The molecular weight excluding hydrogens is 349 g/mol. The van der Waals surface area contributed by atoms with Gasteiger partial charge in [-0.25, -0.2) is 0 Å². The van der Waals surface area contributed by atoms with Gasteiger partial charge in [-0.05, 0) is 12.2 Å². The Bertz CT molecular complexity index is 923. The van der Waals surface area contributed by atoms with Crippen molar-refractivity contribution in [3.63, 3.8) is 0 Å². The van der Waals surface area contributed by atoms with Crippen LogP contribution in [-0.4, -0.2) is 49.5 Å². The average Bonchev–Trinajstić information content (AvgIpc) is 2.97. The fraction of sp³-hybridized carbons (Fsp3) is 0.500. The van der Waals surface area contributed by atoms with Crippen LogP contribution >= 0.6 is 20.5 Å². The lowest BCUT2D eigenvalue weighted by atomic mass is 10.1. The normalized spacial score (nSPS) is 32.3. The Hall–Kier alpha value is -1.69. The number of aliphatic hydroxyl groups excluding tert-OH is 1. The van der Waals surface area contributed by atoms with Crippen molar-refractivity contribution in [2.45, 2.75) is 24.5 Å². The fourth-order valence-electron chi connectivity index (χ4n) is 2.73. The second kappa shape index (κ2) is 5.16. The predicted molar refractivity (Wildman–Crippen MR) is 78.3 cm³/mol. The molecule has 2 aliphatic heterocycles. The molecule has 4 rings (SSSR count). The van der Waals surface area contributed by atoms with Crippen molar-refractivity contribution in [2.75, 3.05) is 12.3 Å². The molecule has 0 amide bonds. The van der Waals surface area contributed by atoms with Crippen molar-refractivity contribution >= 4 is 37.6 Å². The highest BCUT2D eigenvalue weighted by atomic mass is 32.1. The molecule has 0 saturated carbocycles. The summed E-state index contributed by atoms with van der Waals surface area (Å²) in [5, 5.41) is 10.4. The van der Waals surface area contributed by atoms with Crippen LogP contribution in [-0.2, 0) is 18.3 Å². The number of hydrogen-bond acceptors (Lipinski definition) is 9. The second-order valence-corrected chi connectivity index (χ2v) is 6.40. The fourth-order valence-corrected chi connectivity index (χ4v) is 3.81. The number of H-pyrrole nitrogens is 2. The van der Waals surface area contributed by atoms with Gasteiger partial charge < -0.3 is 20.6 Å². The molecular formula is C10H11N5O6PS+. The highest BCUT2D eigenvalue weighted by molar-refractivity contribution is 7.71. The second-order valence-electron chi connectivity index (χ2n) is 5.10. The van der Waals surface area contributed by atoms with Gasteiger partial charge in [0.25, 0.3) is 5.56 Å². The van der Waals surface area contributed by atoms with E-state index in [1.54, 1.807) is 0 Å². The highest BCUT2D eigenvalue weighted by Gasteiger charge is 2.55. The van der Waals surface area contributed by atoms with E-state index in [1.165, 1.54) is 4.57 Å². The van der Waals surface area contributed by atoms with E-state index in [4.69, 9.17) is 31.7 Å². The van der Waals surface area contributed by atoms with E-state index < -0.39 is 38.4 Å². The monoisotopic (exact) mass is 360 g/mol. The molecule has 2 fully saturated rings. The van der Waals surface area contributed by atoms with Crippen molar-refractivity contribution < 1.29 is 23.5 Å². The first-order chi connectivity index (χ1) is 11.0. The molecule has 3 unspecified atom stereocenters. The van der Waals surface area contributed by atoms with Gasteiger partial charge in [0.1, 0.15) is 18.8 Å². The number of anilines is 1. The van der Waals surface area contributed by atoms with Crippen LogP contribution in [0.4, 0.5) is 5.95 Å². The maximum Gasteiger partial charge on any atom is 0.697 e. The summed E-state index contributed by atoms with van der Waals surface area (Å²) in [6, 6.07) is 0. The summed E-state index contributed by atoms with van der Waals surface area (Å²) in [6.07, 6.45) is -3.60. The van der Waals surface area contributed by atoms with Gasteiger partial charge in [0.05, 0.1) is 0 Å². The zero-order chi connectivity index (χ0) is 16.3. The molecule has 2 aromatic rings. The van der Waals surface area contributed by atoms with Crippen LogP contribution in [0.5, 0.6) is 0 Å². The zero-order valence-corrected chi connectivity index (χ0v) is 13.0. The maximum absolute atomic E-state index is 11.9. The summed E-state index contributed by atoms with van der Waals surface area (Å²) in [4.78, 5) is 21.0. The molecule has 2 aliphatic rings. The van der Waals surface area contributed by atoms with Crippen LogP contribution in [0.3, 0.4) is 0 Å². The number of aromatic nitrogens is 4. The van der Waals surface area contributed by atoms with E-state index >= 15 is 0 Å². The lowest BCUT2D eigenvalue weighted by Gasteiger charge is -2.16. The van der Waals surface area contributed by atoms with E-state index in [1.807, 2.05) is 0 Å². The van der Waals surface area contributed by atoms with Crippen molar-refractivity contribution in [1.82, 2.24) is 19.5 Å². The van der Waals surface area contributed by atoms with Crippen LogP contribution in [0.15, 0.2) is 4.79 Å². The summed E-state index contributed by atoms with van der Waals surface area (Å²) in [5.74, 6) is -0.0992. The van der Waals surface area contributed by atoms with Crippen molar-refractivity contribution in [3.8, 4) is 0 Å². The SMILES string of the molecule is Nc1nc2c([nH]c(=S)n2[C@@H]2OC3CO[P+](=O)O[C@H]3C2O)c(=O)[nH]1. The molecule has 0 radical (unpaired) electrons. The third-order valence-electron chi connectivity index (χ3n) is 3.71. The van der Waals surface area contributed by atoms with Gasteiger partial charge in [-0.1, -0.05) is 0 Å². The van der Waals surface area contributed by atoms with Crippen LogP contribution < -0.4 is 11.3 Å². The molecule has 5 atom stereocenters. The highest BCUT2D eigenvalue weighted by Crippen LogP contribution is 2.42. The molecule has 0 aromatic carbocycles. The minimum Gasteiger partial charge on any atom is -0.385 e. The topological polar surface area (TPSA) is 157 Å². The summed E-state index contributed by atoms with van der Waals surface area (Å²) >= 11 is 5.19. The van der Waals surface area contributed by atoms with Crippen LogP contribution in [0, 0.1) is 4.77 Å². The largest absolute Gasteiger partial charge is 0.697 e. The van der Waals surface area contributed by atoms with E-state index in [2.05, 4.69) is 15.0 Å². The third kappa shape index (κ3) is 2.23. The van der Waals surface area contributed by atoms with Gasteiger partial charge >= 0.3 is 8.25 Å². The molecule has 5 N–H and O–H groups in total. The number of fused-ring (bicyclic) bond motifs is 2. The number of nitrogens with two attached hydrogens (primary N) is 1. The van der Waals surface area contributed by atoms with Gasteiger partial charge in [-0.2, -0.15) is 4.98 Å². The molecule has 13 heteroatoms. The van der Waals surface area contributed by atoms with Crippen molar-refractivity contribution in [1.29, 1.82) is 0 Å². The minimum atomic E-state index is -2.30. The van der Waals surface area contributed by atoms with Crippen LogP contribution in [0.25, 0.3) is 11.2 Å². The third-order valence-corrected chi connectivity index (χ3v) is 4.79. The number of nitrogens with one attached hydrogen (secondary N) is 2. The Kier molecular flexibility index (Phi) is 3.34. The Morgan fingerprint density at radius 1 is 1.48 bits per heavy atom. The molecule has 2 aromatic heterocycles. The molecule has 0 aliphatic carbocycles. The summed E-state index contributed by atoms with van der Waals surface area (Å²) in [7, 11) is -2.30. The van der Waals surface area contributed by atoms with Gasteiger partial charge in [0.15, 0.2) is 28.3 Å². The number of rotatable bonds is 1. The quantitative estimate of drug-likeness (QED) is 0.395. The molecule has 0 spiro atoms. The molecule has 4 heterocycles. The number of imidazole rings is 1. The predicted octanol–water partition coefficient (Wildman–Crippen LogP) is -0.305. The summed E-state index contributed by atoms with van der Waals surface area (Å²) in [5.41, 5.74) is 5.31. The smallest absolute Gasteiger partial charge is 0.385 e. The van der Waals surface area contributed by atoms with Crippen molar-refractivity contribution in [2.24, 2.45) is 0 Å². The Morgan fingerprint density at radius 2 is 2.26 bits per heavy atom. The van der Waals surface area contributed by atoms with Gasteiger partial charge in [0, 0.05) is 4.57 Å². The average molecular weight is 360 g/mol. The van der Waals surface area contributed by atoms with Crippen molar-refractivity contribution in [3.05, 3.63) is 15.1 Å². The first-order valence-corrected chi connectivity index (χ1v) is 8.06. The molecule has 11 nitrogen and oxygen atoms in total. The van der Waals surface area contributed by atoms with Gasteiger partial charge in [0.2, 0.25) is 5.95 Å². The lowest BCUT2D eigenvalue weighted by molar-refractivity contribution is -0.0557. The van der Waals surface area contributed by atoms with Crippen LogP contribution in [0.2, 0.25) is 0 Å². The number of aliphatic hydroxyl groups is 1. The van der Waals surface area contributed by atoms with Gasteiger partial charge in [-0.3, -0.25) is 14.3 Å². The van der Waals surface area contributed by atoms with E-state index in [0.29, 0.717) is 0 Å². The summed E-state index contributed by atoms with van der Waals surface area (Å²) < 4.78 is 28.5. The standard InChI is InChI=1S/C10H10N5O6PS/c11-9-13-6-3(7(17)14-9)12-10(23)15(6)8-4(16)5-2(20-8)1-19-22(18)21-5/h2,4-5,8,16H,1H2,(H3-,11,12,13,14,17,23)/p+1/t2?,4?,5-,8-/m1/s1. The summed E-state index contributed by atoms with van der Waals surface area (Å²) in [6.45, 7) is 0.0132. The van der Waals surface area contributed by atoms with Gasteiger partial charge in [-0.15, -0.1) is 9.05 Å². The zero-order valence-electron chi connectivity index (χ0n) is 11.3. The first-order valence-electron chi connectivity index (χ1n) is 6.56. The number of hydrogen-bond donors (Lipinski definition) is 4. The first kappa shape index (κ1) is 14.9. The number of ether oxygens (including phenoxy) is 1. The Morgan fingerprint density at radius 3 is 3.04 bits per heavy atom. The Labute approximate surface area is 133 Å². The minimum absolute atomic E-state index is 0.0132. The molecule has 2 saturated heterocycles. The maximum atomic E-state index is 11.9. The molecule has 122 valence electrons. The Balaban J connectivity index is 1.84. The van der Waals surface area contributed by atoms with E-state index in [0.717, 1.165) is 0 Å². The molecule has 0 bridgehead atoms.